The van der Waals surface area contributed by atoms with Gasteiger partial charge < -0.3 is 5.32 Å². The first-order chi connectivity index (χ1) is 11.5. The highest BCUT2D eigenvalue weighted by atomic mass is 35.5. The molecule has 0 saturated carbocycles. The number of carbonyl (C=O) groups is 1. The van der Waals surface area contributed by atoms with Crippen LogP contribution in [0.4, 0.5) is 11.4 Å². The first-order valence-corrected chi connectivity index (χ1v) is 9.60. The minimum absolute atomic E-state index is 0.0144. The van der Waals surface area contributed by atoms with E-state index >= 15 is 0 Å². The van der Waals surface area contributed by atoms with Crippen molar-refractivity contribution in [3.05, 3.63) is 68.7 Å². The van der Waals surface area contributed by atoms with Crippen molar-refractivity contribution in [2.75, 3.05) is 16.8 Å². The van der Waals surface area contributed by atoms with Crippen molar-refractivity contribution in [3.63, 3.8) is 0 Å². The molecule has 1 saturated heterocycles. The van der Waals surface area contributed by atoms with Crippen LogP contribution in [0.25, 0.3) is 0 Å². The Labute approximate surface area is 152 Å². The van der Waals surface area contributed by atoms with Gasteiger partial charge in [-0.2, -0.15) is 0 Å². The average Bonchev–Trinajstić information content (AvgIpc) is 3.09. The number of nitrogens with one attached hydrogen (secondary N) is 1. The minimum Gasteiger partial charge on any atom is -0.322 e. The van der Waals surface area contributed by atoms with E-state index in [-0.39, 0.29) is 16.3 Å². The summed E-state index contributed by atoms with van der Waals surface area (Å²) in [6.07, 6.45) is 0. The molecule has 124 valence electrons. The van der Waals surface area contributed by atoms with Crippen LogP contribution in [0.3, 0.4) is 0 Å². The number of hydrogen-bond donors (Lipinski definition) is 1. The van der Waals surface area contributed by atoms with E-state index in [2.05, 4.69) is 5.32 Å². The molecule has 0 unspecified atom stereocenters. The van der Waals surface area contributed by atoms with Gasteiger partial charge in [0, 0.05) is 28.3 Å². The van der Waals surface area contributed by atoms with Crippen molar-refractivity contribution in [2.24, 2.45) is 0 Å². The molecule has 1 fully saturated rings. The normalized spacial score (nSPS) is 14.5. The van der Waals surface area contributed by atoms with Crippen molar-refractivity contribution in [1.82, 2.24) is 0 Å². The van der Waals surface area contributed by atoms with Crippen LogP contribution in [0.2, 0.25) is 5.02 Å². The van der Waals surface area contributed by atoms with Gasteiger partial charge in [0.25, 0.3) is 11.6 Å². The number of hydrogen-bond acceptors (Lipinski definition) is 5. The second kappa shape index (κ2) is 7.46. The molecule has 5 nitrogen and oxygen atoms in total. The molecule has 1 heterocycles. The van der Waals surface area contributed by atoms with Gasteiger partial charge in [0.2, 0.25) is 0 Å². The van der Waals surface area contributed by atoms with E-state index in [4.69, 9.17) is 11.6 Å². The molecule has 1 N–H and O–H groups in total. The number of nitro groups is 1. The summed E-state index contributed by atoms with van der Waals surface area (Å²) in [5.74, 6) is 1.70. The van der Waals surface area contributed by atoms with Crippen LogP contribution in [0, 0.1) is 10.1 Å². The number of halogens is 1. The monoisotopic (exact) mass is 380 g/mol. The summed E-state index contributed by atoms with van der Waals surface area (Å²) in [6, 6.07) is 11.6. The average molecular weight is 381 g/mol. The largest absolute Gasteiger partial charge is 0.322 e. The smallest absolute Gasteiger partial charge is 0.283 e. The Hall–Kier alpha value is -1.70. The molecule has 0 aliphatic carbocycles. The van der Waals surface area contributed by atoms with Crippen LogP contribution in [-0.4, -0.2) is 22.3 Å². The molecule has 24 heavy (non-hydrogen) atoms. The van der Waals surface area contributed by atoms with E-state index < -0.39 is 10.8 Å². The fourth-order valence-electron chi connectivity index (χ4n) is 2.36. The zero-order valence-electron chi connectivity index (χ0n) is 12.4. The highest BCUT2D eigenvalue weighted by Gasteiger charge is 2.22. The van der Waals surface area contributed by atoms with Crippen molar-refractivity contribution < 1.29 is 9.72 Å². The summed E-state index contributed by atoms with van der Waals surface area (Å²) >= 11 is 9.53. The molecule has 1 aliphatic rings. The summed E-state index contributed by atoms with van der Waals surface area (Å²) in [7, 11) is 0. The lowest BCUT2D eigenvalue weighted by molar-refractivity contribution is -0.385. The zero-order chi connectivity index (χ0) is 17.1. The van der Waals surface area contributed by atoms with Crippen molar-refractivity contribution >= 4 is 52.4 Å². The van der Waals surface area contributed by atoms with Crippen LogP contribution in [0.5, 0.6) is 0 Å². The van der Waals surface area contributed by atoms with Crippen LogP contribution in [-0.2, 0) is 0 Å². The number of anilines is 1. The molecular formula is C16H13ClN2O3S2. The Morgan fingerprint density at radius 2 is 1.96 bits per heavy atom. The highest BCUT2D eigenvalue weighted by molar-refractivity contribution is 8.19. The first kappa shape index (κ1) is 17.1. The van der Waals surface area contributed by atoms with Crippen molar-refractivity contribution in [3.8, 4) is 0 Å². The number of nitrogens with zero attached hydrogens (tertiary/aromatic N) is 1. The number of nitro benzene ring substituents is 1. The van der Waals surface area contributed by atoms with Gasteiger partial charge in [-0.1, -0.05) is 23.7 Å². The number of rotatable bonds is 4. The Bertz CT molecular complexity index is 795. The fraction of sp³-hybridized carbons (Fsp3) is 0.188. The number of thioether (sulfide) groups is 2. The van der Waals surface area contributed by atoms with E-state index in [1.165, 1.54) is 18.2 Å². The summed E-state index contributed by atoms with van der Waals surface area (Å²) in [5, 5.41) is 14.1. The topological polar surface area (TPSA) is 72.2 Å². The highest BCUT2D eigenvalue weighted by Crippen LogP contribution is 2.45. The Kier molecular flexibility index (Phi) is 5.33. The zero-order valence-corrected chi connectivity index (χ0v) is 14.8. The lowest BCUT2D eigenvalue weighted by Crippen LogP contribution is -2.14. The molecule has 0 spiro atoms. The third-order valence-electron chi connectivity index (χ3n) is 3.44. The molecule has 0 bridgehead atoms. The number of amides is 1. The minimum atomic E-state index is -0.608. The van der Waals surface area contributed by atoms with E-state index in [0.29, 0.717) is 10.3 Å². The van der Waals surface area contributed by atoms with Crippen LogP contribution in [0.1, 0.15) is 20.5 Å². The van der Waals surface area contributed by atoms with E-state index in [0.717, 1.165) is 17.1 Å². The van der Waals surface area contributed by atoms with Crippen LogP contribution in [0.15, 0.2) is 42.5 Å². The molecule has 0 aromatic heterocycles. The van der Waals surface area contributed by atoms with Gasteiger partial charge in [0.15, 0.2) is 0 Å². The Balaban J connectivity index is 1.82. The molecule has 0 atom stereocenters. The van der Waals surface area contributed by atoms with Gasteiger partial charge in [-0.3, -0.25) is 14.9 Å². The molecule has 2 aromatic carbocycles. The predicted octanol–water partition coefficient (Wildman–Crippen LogP) is 4.98. The second-order valence-electron chi connectivity index (χ2n) is 5.07. The SMILES string of the molecule is O=C(Nc1cccc(C2SCCS2)c1)c1ccc(Cl)cc1[N+](=O)[O-]. The molecule has 8 heteroatoms. The standard InChI is InChI=1S/C16H13ClN2O3S2/c17-11-4-5-13(14(9-11)19(21)22)15(20)18-12-3-1-2-10(8-12)16-23-6-7-24-16/h1-5,8-9,16H,6-7H2,(H,18,20). The molecule has 0 radical (unpaired) electrons. The van der Waals surface area contributed by atoms with Crippen molar-refractivity contribution in [2.45, 2.75) is 4.58 Å². The molecule has 2 aromatic rings. The fourth-order valence-corrected chi connectivity index (χ4v) is 5.36. The van der Waals surface area contributed by atoms with Gasteiger partial charge in [-0.05, 0) is 29.8 Å². The van der Waals surface area contributed by atoms with Gasteiger partial charge in [0.1, 0.15) is 5.56 Å². The van der Waals surface area contributed by atoms with E-state index in [1.54, 1.807) is 6.07 Å². The summed E-state index contributed by atoms with van der Waals surface area (Å²) < 4.78 is 0.367. The number of carbonyl (C=O) groups excluding carboxylic acids is 1. The van der Waals surface area contributed by atoms with Crippen molar-refractivity contribution in [1.29, 1.82) is 0 Å². The van der Waals surface area contributed by atoms with Gasteiger partial charge >= 0.3 is 0 Å². The maximum absolute atomic E-state index is 12.4. The Morgan fingerprint density at radius 3 is 2.67 bits per heavy atom. The van der Waals surface area contributed by atoms with Crippen LogP contribution < -0.4 is 5.32 Å². The summed E-state index contributed by atoms with van der Waals surface area (Å²) in [4.78, 5) is 22.9. The predicted molar refractivity (Wildman–Crippen MR) is 100 cm³/mol. The maximum Gasteiger partial charge on any atom is 0.283 e. The molecule has 1 amide bonds. The summed E-state index contributed by atoms with van der Waals surface area (Å²) in [6.45, 7) is 0. The third-order valence-corrected chi connectivity index (χ3v) is 6.78. The molecule has 3 rings (SSSR count). The van der Waals surface area contributed by atoms with E-state index in [1.807, 2.05) is 41.7 Å². The molecular weight excluding hydrogens is 368 g/mol. The van der Waals surface area contributed by atoms with Gasteiger partial charge in [0.05, 0.1) is 9.51 Å². The quantitative estimate of drug-likeness (QED) is 0.598. The molecule has 1 aliphatic heterocycles. The maximum atomic E-state index is 12.4. The number of benzene rings is 2. The second-order valence-corrected chi connectivity index (χ2v) is 8.23. The first-order valence-electron chi connectivity index (χ1n) is 7.13. The van der Waals surface area contributed by atoms with E-state index in [9.17, 15) is 14.9 Å². The van der Waals surface area contributed by atoms with Gasteiger partial charge in [-0.25, -0.2) is 0 Å². The Morgan fingerprint density at radius 1 is 1.21 bits per heavy atom. The lowest BCUT2D eigenvalue weighted by Gasteiger charge is -2.11. The van der Waals surface area contributed by atoms with Gasteiger partial charge in [-0.15, -0.1) is 23.5 Å². The summed E-state index contributed by atoms with van der Waals surface area (Å²) in [5.41, 5.74) is 1.43. The van der Waals surface area contributed by atoms with Crippen LogP contribution >= 0.6 is 35.1 Å². The third kappa shape index (κ3) is 3.85. The lowest BCUT2D eigenvalue weighted by atomic mass is 10.1.